The van der Waals surface area contributed by atoms with Crippen molar-refractivity contribution in [3.05, 3.63) is 36.0 Å². The summed E-state index contributed by atoms with van der Waals surface area (Å²) in [5, 5.41) is 1.31. The maximum Gasteiger partial charge on any atom is 0.122 e. The Morgan fingerprint density at radius 2 is 2.08 bits per heavy atom. The van der Waals surface area contributed by atoms with E-state index in [2.05, 4.69) is 35.9 Å². The first-order valence-corrected chi connectivity index (χ1v) is 4.36. The molecule has 0 amide bonds. The summed E-state index contributed by atoms with van der Waals surface area (Å²) in [6.07, 6.45) is 2.12. The summed E-state index contributed by atoms with van der Waals surface area (Å²) in [6, 6.07) is 8.36. The van der Waals surface area contributed by atoms with E-state index >= 15 is 0 Å². The lowest BCUT2D eigenvalue weighted by atomic mass is 10.2. The van der Waals surface area contributed by atoms with Gasteiger partial charge in [-0.15, -0.1) is 0 Å². The Balaban J connectivity index is 2.63. The van der Waals surface area contributed by atoms with Crippen molar-refractivity contribution in [1.82, 2.24) is 4.57 Å². The molecule has 2 aromatic rings. The van der Waals surface area contributed by atoms with E-state index in [4.69, 9.17) is 4.74 Å². The highest BCUT2D eigenvalue weighted by atomic mass is 16.5. The van der Waals surface area contributed by atoms with Crippen LogP contribution in [0.5, 0.6) is 0 Å². The van der Waals surface area contributed by atoms with Gasteiger partial charge < -0.3 is 9.30 Å². The molecule has 0 N–H and O–H groups in total. The van der Waals surface area contributed by atoms with Gasteiger partial charge in [0.15, 0.2) is 0 Å². The number of hydrogen-bond acceptors (Lipinski definition) is 1. The molecule has 0 unspecified atom stereocenters. The van der Waals surface area contributed by atoms with Crippen LogP contribution in [-0.4, -0.2) is 11.7 Å². The van der Waals surface area contributed by atoms with Crippen LogP contribution < -0.4 is 0 Å². The minimum atomic E-state index is 0.619. The lowest BCUT2D eigenvalue weighted by Gasteiger charge is -2.01. The van der Waals surface area contributed by atoms with Gasteiger partial charge in [0, 0.05) is 18.7 Å². The molecule has 0 aliphatic rings. The van der Waals surface area contributed by atoms with Crippen LogP contribution in [-0.2, 0) is 11.5 Å². The second-order valence-electron chi connectivity index (χ2n) is 3.22. The van der Waals surface area contributed by atoms with Crippen molar-refractivity contribution in [2.24, 2.45) is 0 Å². The maximum atomic E-state index is 5.11. The van der Waals surface area contributed by atoms with Crippen molar-refractivity contribution >= 4 is 10.9 Å². The monoisotopic (exact) mass is 175 g/mol. The lowest BCUT2D eigenvalue weighted by molar-refractivity contribution is 0.135. The van der Waals surface area contributed by atoms with Crippen molar-refractivity contribution in [2.45, 2.75) is 13.7 Å². The number of rotatable bonds is 2. The Bertz CT molecular complexity index is 417. The van der Waals surface area contributed by atoms with Crippen molar-refractivity contribution in [1.29, 1.82) is 0 Å². The first-order valence-electron chi connectivity index (χ1n) is 4.36. The summed E-state index contributed by atoms with van der Waals surface area (Å²) < 4.78 is 7.23. The number of aryl methyl sites for hydroxylation is 1. The van der Waals surface area contributed by atoms with Crippen molar-refractivity contribution in [3.63, 3.8) is 0 Å². The highest BCUT2D eigenvalue weighted by Crippen LogP contribution is 2.19. The van der Waals surface area contributed by atoms with E-state index in [-0.39, 0.29) is 0 Å². The average molecular weight is 175 g/mol. The Labute approximate surface area is 77.7 Å². The summed E-state index contributed by atoms with van der Waals surface area (Å²) in [5.74, 6) is 0. The largest absolute Gasteiger partial charge is 0.364 e. The first kappa shape index (κ1) is 8.32. The number of benzene rings is 1. The zero-order valence-electron chi connectivity index (χ0n) is 7.95. The topological polar surface area (TPSA) is 14.2 Å². The van der Waals surface area contributed by atoms with Crippen LogP contribution in [0.3, 0.4) is 0 Å². The second-order valence-corrected chi connectivity index (χ2v) is 3.22. The minimum absolute atomic E-state index is 0.619. The third-order valence-corrected chi connectivity index (χ3v) is 2.26. The van der Waals surface area contributed by atoms with E-state index in [1.807, 2.05) is 6.07 Å². The molecule has 0 atom stereocenters. The Morgan fingerprint density at radius 3 is 2.85 bits per heavy atom. The minimum Gasteiger partial charge on any atom is -0.364 e. The number of ether oxygens (including phenoxy) is 1. The van der Waals surface area contributed by atoms with Crippen LogP contribution in [0.4, 0.5) is 0 Å². The van der Waals surface area contributed by atoms with Crippen molar-refractivity contribution < 1.29 is 4.74 Å². The highest BCUT2D eigenvalue weighted by molar-refractivity contribution is 5.83. The third kappa shape index (κ3) is 1.33. The molecule has 13 heavy (non-hydrogen) atoms. The Morgan fingerprint density at radius 1 is 1.31 bits per heavy atom. The van der Waals surface area contributed by atoms with Gasteiger partial charge in [0.05, 0.1) is 5.52 Å². The van der Waals surface area contributed by atoms with Gasteiger partial charge in [-0.2, -0.15) is 0 Å². The molecule has 0 radical (unpaired) electrons. The van der Waals surface area contributed by atoms with Crippen LogP contribution >= 0.6 is 0 Å². The Hall–Kier alpha value is -1.28. The zero-order chi connectivity index (χ0) is 9.26. The van der Waals surface area contributed by atoms with E-state index < -0.39 is 0 Å². The summed E-state index contributed by atoms with van der Waals surface area (Å²) in [7, 11) is 1.71. The molecule has 0 saturated carbocycles. The number of methoxy groups -OCH3 is 1. The number of fused-ring (bicyclic) bond motifs is 1. The molecule has 1 aromatic carbocycles. The molecule has 0 spiro atoms. The number of para-hydroxylation sites is 1. The molecule has 2 nitrogen and oxygen atoms in total. The van der Waals surface area contributed by atoms with Crippen LogP contribution in [0.1, 0.15) is 5.56 Å². The fourth-order valence-corrected chi connectivity index (χ4v) is 1.68. The predicted octanol–water partition coefficient (Wildman–Crippen LogP) is 2.55. The standard InChI is InChI=1S/C11H13NO/c1-9-7-12(8-13-2)11-6-4-3-5-10(9)11/h3-7H,8H2,1-2H3. The lowest BCUT2D eigenvalue weighted by Crippen LogP contribution is -1.96. The van der Waals surface area contributed by atoms with Crippen LogP contribution in [0, 0.1) is 6.92 Å². The van der Waals surface area contributed by atoms with E-state index in [0.29, 0.717) is 6.73 Å². The van der Waals surface area contributed by atoms with Gasteiger partial charge in [-0.05, 0) is 18.6 Å². The summed E-state index contributed by atoms with van der Waals surface area (Å²) in [6.45, 7) is 2.74. The van der Waals surface area contributed by atoms with Gasteiger partial charge >= 0.3 is 0 Å². The number of aromatic nitrogens is 1. The second kappa shape index (κ2) is 3.23. The molecule has 2 rings (SSSR count). The average Bonchev–Trinajstić information content (AvgIpc) is 2.46. The van der Waals surface area contributed by atoms with E-state index in [9.17, 15) is 0 Å². The van der Waals surface area contributed by atoms with Gasteiger partial charge in [-0.25, -0.2) is 0 Å². The van der Waals surface area contributed by atoms with Gasteiger partial charge in [0.25, 0.3) is 0 Å². The molecule has 0 aliphatic heterocycles. The van der Waals surface area contributed by atoms with E-state index in [1.54, 1.807) is 7.11 Å². The van der Waals surface area contributed by atoms with Gasteiger partial charge in [-0.1, -0.05) is 18.2 Å². The predicted molar refractivity (Wildman–Crippen MR) is 53.7 cm³/mol. The quantitative estimate of drug-likeness (QED) is 0.684. The fraction of sp³-hybridized carbons (Fsp3) is 0.273. The zero-order valence-corrected chi connectivity index (χ0v) is 7.95. The maximum absolute atomic E-state index is 5.11. The molecule has 1 aromatic heterocycles. The first-order chi connectivity index (χ1) is 6.33. The number of hydrogen-bond donors (Lipinski definition) is 0. The molecule has 0 saturated heterocycles. The molecule has 0 aliphatic carbocycles. The number of nitrogens with zero attached hydrogens (tertiary/aromatic N) is 1. The van der Waals surface area contributed by atoms with Crippen LogP contribution in [0.25, 0.3) is 10.9 Å². The highest BCUT2D eigenvalue weighted by Gasteiger charge is 2.02. The normalized spacial score (nSPS) is 10.9. The molecule has 1 heterocycles. The SMILES string of the molecule is COCn1cc(C)c2ccccc21. The molecule has 0 fully saturated rings. The van der Waals surface area contributed by atoms with Gasteiger partial charge in [-0.3, -0.25) is 0 Å². The van der Waals surface area contributed by atoms with E-state index in [1.165, 1.54) is 16.5 Å². The van der Waals surface area contributed by atoms with Gasteiger partial charge in [0.2, 0.25) is 0 Å². The van der Waals surface area contributed by atoms with Crippen LogP contribution in [0.15, 0.2) is 30.5 Å². The molecule has 68 valence electrons. The van der Waals surface area contributed by atoms with Gasteiger partial charge in [0.1, 0.15) is 6.73 Å². The summed E-state index contributed by atoms with van der Waals surface area (Å²) >= 11 is 0. The molecule has 0 bridgehead atoms. The van der Waals surface area contributed by atoms with Crippen molar-refractivity contribution in [3.8, 4) is 0 Å². The smallest absolute Gasteiger partial charge is 0.122 e. The summed E-state index contributed by atoms with van der Waals surface area (Å²) in [4.78, 5) is 0. The Kier molecular flexibility index (Phi) is 2.07. The third-order valence-electron chi connectivity index (χ3n) is 2.26. The van der Waals surface area contributed by atoms with Crippen LogP contribution in [0.2, 0.25) is 0 Å². The molecule has 2 heteroatoms. The van der Waals surface area contributed by atoms with Crippen molar-refractivity contribution in [2.75, 3.05) is 7.11 Å². The fourth-order valence-electron chi connectivity index (χ4n) is 1.68. The molecular weight excluding hydrogens is 162 g/mol. The molecular formula is C11H13NO. The summed E-state index contributed by atoms with van der Waals surface area (Å²) in [5.41, 5.74) is 2.54. The van der Waals surface area contributed by atoms with E-state index in [0.717, 1.165) is 0 Å².